The average molecular weight is 444 g/mol. The Bertz CT molecular complexity index is 1050. The number of hydrogen-bond acceptors (Lipinski definition) is 6. The van der Waals surface area contributed by atoms with Crippen molar-refractivity contribution in [2.75, 3.05) is 19.5 Å². The van der Waals surface area contributed by atoms with Gasteiger partial charge in [0.2, 0.25) is 0 Å². The van der Waals surface area contributed by atoms with Gasteiger partial charge in [0.25, 0.3) is 5.91 Å². The highest BCUT2D eigenvalue weighted by molar-refractivity contribution is 6.29. The minimum atomic E-state index is -0.593. The molecular formula is C22H26ClN5O3. The molecule has 0 atom stereocenters. The third kappa shape index (κ3) is 4.98. The van der Waals surface area contributed by atoms with Gasteiger partial charge in [-0.05, 0) is 25.0 Å². The van der Waals surface area contributed by atoms with Crippen molar-refractivity contribution >= 4 is 28.9 Å². The highest BCUT2D eigenvalue weighted by Crippen LogP contribution is 2.39. The lowest BCUT2D eigenvalue weighted by Gasteiger charge is -2.16. The Morgan fingerprint density at radius 1 is 1.26 bits per heavy atom. The fraction of sp³-hybridized carbons (Fsp3) is 0.318. The predicted octanol–water partition coefficient (Wildman–Crippen LogP) is 4.17. The summed E-state index contributed by atoms with van der Waals surface area (Å²) in [6.45, 7) is 0. The SMILES string of the molecule is CO.COc1c(Nc2cc(Cl)ncc2C(N)=O)cccc1-c1cnn(C2CCCC2)c1. The number of benzene rings is 1. The van der Waals surface area contributed by atoms with E-state index in [4.69, 9.17) is 27.2 Å². The van der Waals surface area contributed by atoms with Crippen molar-refractivity contribution in [1.82, 2.24) is 14.8 Å². The maximum atomic E-state index is 11.8. The van der Waals surface area contributed by atoms with Crippen LogP contribution in [-0.2, 0) is 0 Å². The molecule has 0 spiro atoms. The number of aromatic nitrogens is 3. The minimum Gasteiger partial charge on any atom is -0.494 e. The number of halogens is 1. The summed E-state index contributed by atoms with van der Waals surface area (Å²) in [5, 5.41) is 15.0. The van der Waals surface area contributed by atoms with E-state index in [1.54, 1.807) is 13.2 Å². The summed E-state index contributed by atoms with van der Waals surface area (Å²) in [4.78, 5) is 15.7. The summed E-state index contributed by atoms with van der Waals surface area (Å²) in [6, 6.07) is 7.79. The first-order valence-electron chi connectivity index (χ1n) is 9.95. The van der Waals surface area contributed by atoms with Gasteiger partial charge in [-0.15, -0.1) is 0 Å². The normalized spacial score (nSPS) is 13.4. The van der Waals surface area contributed by atoms with Crippen LogP contribution in [0, 0.1) is 0 Å². The Kier molecular flexibility index (Phi) is 7.49. The van der Waals surface area contributed by atoms with E-state index in [0.717, 1.165) is 18.2 Å². The van der Waals surface area contributed by atoms with Crippen molar-refractivity contribution < 1.29 is 14.6 Å². The quantitative estimate of drug-likeness (QED) is 0.492. The van der Waals surface area contributed by atoms with Gasteiger partial charge in [-0.2, -0.15) is 5.10 Å². The van der Waals surface area contributed by atoms with Crippen LogP contribution < -0.4 is 15.8 Å². The molecule has 31 heavy (non-hydrogen) atoms. The molecule has 1 aliphatic rings. The van der Waals surface area contributed by atoms with Crippen LogP contribution in [0.15, 0.2) is 42.9 Å². The molecule has 0 saturated heterocycles. The van der Waals surface area contributed by atoms with Crippen LogP contribution in [-0.4, -0.2) is 40.0 Å². The van der Waals surface area contributed by atoms with Crippen LogP contribution in [0.2, 0.25) is 5.15 Å². The van der Waals surface area contributed by atoms with Crippen molar-refractivity contribution in [3.63, 3.8) is 0 Å². The zero-order chi connectivity index (χ0) is 22.4. The van der Waals surface area contributed by atoms with Gasteiger partial charge in [0.15, 0.2) is 0 Å². The van der Waals surface area contributed by atoms with Crippen LogP contribution in [0.5, 0.6) is 5.75 Å². The number of anilines is 2. The molecule has 4 rings (SSSR count). The molecule has 1 fully saturated rings. The number of pyridine rings is 1. The largest absolute Gasteiger partial charge is 0.494 e. The van der Waals surface area contributed by atoms with Crippen molar-refractivity contribution in [3.8, 4) is 16.9 Å². The summed E-state index contributed by atoms with van der Waals surface area (Å²) in [5.41, 5.74) is 8.74. The number of amides is 1. The van der Waals surface area contributed by atoms with Crippen molar-refractivity contribution in [2.24, 2.45) is 5.73 Å². The number of para-hydroxylation sites is 1. The first kappa shape index (κ1) is 22.6. The highest BCUT2D eigenvalue weighted by atomic mass is 35.5. The molecule has 0 bridgehead atoms. The lowest BCUT2D eigenvalue weighted by molar-refractivity contribution is 0.100. The van der Waals surface area contributed by atoms with E-state index in [9.17, 15) is 4.79 Å². The van der Waals surface area contributed by atoms with Gasteiger partial charge in [0, 0.05) is 30.6 Å². The fourth-order valence-corrected chi connectivity index (χ4v) is 3.96. The van der Waals surface area contributed by atoms with Gasteiger partial charge in [0.1, 0.15) is 10.9 Å². The summed E-state index contributed by atoms with van der Waals surface area (Å²) in [5.74, 6) is 0.0476. The van der Waals surface area contributed by atoms with Gasteiger partial charge in [-0.25, -0.2) is 4.98 Å². The molecule has 3 aromatic rings. The van der Waals surface area contributed by atoms with E-state index in [2.05, 4.69) is 26.3 Å². The van der Waals surface area contributed by atoms with E-state index in [0.29, 0.717) is 23.2 Å². The van der Waals surface area contributed by atoms with E-state index < -0.39 is 5.91 Å². The number of ether oxygens (including phenoxy) is 1. The lowest BCUT2D eigenvalue weighted by Crippen LogP contribution is -2.14. The number of nitrogens with zero attached hydrogens (tertiary/aromatic N) is 3. The second kappa shape index (κ2) is 10.3. The number of hydrogen-bond donors (Lipinski definition) is 3. The van der Waals surface area contributed by atoms with Crippen LogP contribution in [0.3, 0.4) is 0 Å². The van der Waals surface area contributed by atoms with Crippen molar-refractivity contribution in [3.05, 3.63) is 53.6 Å². The summed E-state index contributed by atoms with van der Waals surface area (Å²) >= 11 is 6.01. The van der Waals surface area contributed by atoms with Crippen molar-refractivity contribution in [1.29, 1.82) is 0 Å². The number of nitrogens with one attached hydrogen (secondary N) is 1. The van der Waals surface area contributed by atoms with E-state index >= 15 is 0 Å². The molecule has 2 heterocycles. The number of nitrogens with two attached hydrogens (primary N) is 1. The number of carbonyl (C=O) groups is 1. The monoisotopic (exact) mass is 443 g/mol. The maximum absolute atomic E-state index is 11.8. The third-order valence-electron chi connectivity index (χ3n) is 5.24. The predicted molar refractivity (Wildman–Crippen MR) is 121 cm³/mol. The second-order valence-electron chi connectivity index (χ2n) is 7.08. The number of carbonyl (C=O) groups excluding carboxylic acids is 1. The Hall–Kier alpha value is -3.10. The van der Waals surface area contributed by atoms with Crippen molar-refractivity contribution in [2.45, 2.75) is 31.7 Å². The van der Waals surface area contributed by atoms with Crippen LogP contribution >= 0.6 is 11.6 Å². The number of aliphatic hydroxyl groups is 1. The molecule has 0 aliphatic heterocycles. The van der Waals surface area contributed by atoms with Gasteiger partial charge in [-0.1, -0.05) is 36.6 Å². The molecule has 0 radical (unpaired) electrons. The second-order valence-corrected chi connectivity index (χ2v) is 7.46. The lowest BCUT2D eigenvalue weighted by atomic mass is 10.1. The summed E-state index contributed by atoms with van der Waals surface area (Å²) < 4.78 is 7.76. The number of rotatable bonds is 6. The Labute approximate surface area is 186 Å². The Morgan fingerprint density at radius 2 is 2.00 bits per heavy atom. The molecule has 1 amide bonds. The molecule has 1 saturated carbocycles. The Balaban J connectivity index is 0.00000132. The van der Waals surface area contributed by atoms with E-state index in [1.807, 2.05) is 24.4 Å². The van der Waals surface area contributed by atoms with Gasteiger partial charge >= 0.3 is 0 Å². The summed E-state index contributed by atoms with van der Waals surface area (Å²) in [7, 11) is 2.61. The minimum absolute atomic E-state index is 0.246. The number of aliphatic hydroxyl groups excluding tert-OH is 1. The van der Waals surface area contributed by atoms with E-state index in [1.165, 1.54) is 31.9 Å². The first-order valence-corrected chi connectivity index (χ1v) is 10.3. The molecule has 164 valence electrons. The van der Waals surface area contributed by atoms with Crippen LogP contribution in [0.4, 0.5) is 11.4 Å². The zero-order valence-electron chi connectivity index (χ0n) is 17.5. The molecule has 2 aromatic heterocycles. The fourth-order valence-electron chi connectivity index (χ4n) is 3.80. The first-order chi connectivity index (χ1) is 15.1. The smallest absolute Gasteiger partial charge is 0.252 e. The highest BCUT2D eigenvalue weighted by Gasteiger charge is 2.20. The number of methoxy groups -OCH3 is 1. The van der Waals surface area contributed by atoms with Crippen LogP contribution in [0.25, 0.3) is 11.1 Å². The topological polar surface area (TPSA) is 115 Å². The van der Waals surface area contributed by atoms with Gasteiger partial charge in [-0.3, -0.25) is 9.48 Å². The average Bonchev–Trinajstić information content (AvgIpc) is 3.47. The molecule has 1 aliphatic carbocycles. The molecule has 4 N–H and O–H groups in total. The molecular weight excluding hydrogens is 418 g/mol. The molecule has 8 nitrogen and oxygen atoms in total. The summed E-state index contributed by atoms with van der Waals surface area (Å²) in [6.07, 6.45) is 10.1. The molecule has 9 heteroatoms. The third-order valence-corrected chi connectivity index (χ3v) is 5.44. The zero-order valence-corrected chi connectivity index (χ0v) is 18.3. The van der Waals surface area contributed by atoms with E-state index in [-0.39, 0.29) is 10.7 Å². The number of primary amides is 1. The Morgan fingerprint density at radius 3 is 2.68 bits per heavy atom. The van der Waals surface area contributed by atoms with Gasteiger partial charge < -0.3 is 20.9 Å². The molecule has 1 aromatic carbocycles. The standard InChI is InChI=1S/C21H22ClN5O2.CH4O/c1-29-20-15(13-10-25-27(12-13)14-5-2-3-6-14)7-4-8-17(20)26-18-9-19(22)24-11-16(18)21(23)28;1-2/h4,7-12,14H,2-3,5-6H2,1H3,(H2,23,28)(H,24,26);2H,1H3. The maximum Gasteiger partial charge on any atom is 0.252 e. The van der Waals surface area contributed by atoms with Gasteiger partial charge in [0.05, 0.1) is 36.3 Å². The molecule has 0 unspecified atom stereocenters. The van der Waals surface area contributed by atoms with Crippen LogP contribution in [0.1, 0.15) is 42.1 Å².